The van der Waals surface area contributed by atoms with E-state index in [1.54, 1.807) is 42.2 Å². The molecule has 29 heavy (non-hydrogen) atoms. The van der Waals surface area contributed by atoms with Crippen molar-refractivity contribution in [3.63, 3.8) is 0 Å². The lowest BCUT2D eigenvalue weighted by Crippen LogP contribution is -2.37. The molecule has 0 spiro atoms. The van der Waals surface area contributed by atoms with Crippen molar-refractivity contribution < 1.29 is 13.2 Å². The maximum atomic E-state index is 13.0. The molecule has 154 valence electrons. The second-order valence-electron chi connectivity index (χ2n) is 7.46. The summed E-state index contributed by atoms with van der Waals surface area (Å²) < 4.78 is 27.6. The third-order valence-electron chi connectivity index (χ3n) is 5.66. The van der Waals surface area contributed by atoms with Crippen LogP contribution in [0, 0.1) is 0 Å². The topological polar surface area (TPSA) is 95.5 Å². The Bertz CT molecular complexity index is 1030. The first-order valence-corrected chi connectivity index (χ1v) is 11.2. The molecule has 8 nitrogen and oxygen atoms in total. The van der Waals surface area contributed by atoms with Gasteiger partial charge in [-0.1, -0.05) is 18.2 Å². The van der Waals surface area contributed by atoms with E-state index in [-0.39, 0.29) is 18.4 Å². The third-order valence-corrected chi connectivity index (χ3v) is 7.52. The van der Waals surface area contributed by atoms with Crippen molar-refractivity contribution in [3.8, 4) is 0 Å². The molecular formula is C20H25N5O3S. The fourth-order valence-corrected chi connectivity index (χ4v) is 5.44. The van der Waals surface area contributed by atoms with Gasteiger partial charge in [-0.3, -0.25) is 4.79 Å². The van der Waals surface area contributed by atoms with Gasteiger partial charge in [0, 0.05) is 45.1 Å². The maximum Gasteiger partial charge on any atom is 0.243 e. The number of carbonyl (C=O) groups excluding carboxylic acids is 1. The number of benzene rings is 1. The van der Waals surface area contributed by atoms with E-state index in [1.807, 2.05) is 7.05 Å². The SMILES string of the molecule is CNc1nc([C@@H]2CCN(C(C)=O)C2)nc2c1CCN(S(=O)(=O)c1ccccc1)C2. The molecule has 1 saturated heterocycles. The van der Waals surface area contributed by atoms with Gasteiger partial charge in [-0.15, -0.1) is 0 Å². The number of nitrogens with zero attached hydrogens (tertiary/aromatic N) is 4. The molecule has 2 aromatic rings. The van der Waals surface area contributed by atoms with Gasteiger partial charge in [0.15, 0.2) is 0 Å². The summed E-state index contributed by atoms with van der Waals surface area (Å²) in [5.74, 6) is 1.55. The van der Waals surface area contributed by atoms with Crippen LogP contribution in [0.1, 0.15) is 36.3 Å². The highest BCUT2D eigenvalue weighted by Crippen LogP contribution is 2.31. The molecule has 1 amide bonds. The number of amides is 1. The molecular weight excluding hydrogens is 390 g/mol. The second kappa shape index (κ2) is 7.72. The van der Waals surface area contributed by atoms with Crippen LogP contribution in [0.3, 0.4) is 0 Å². The largest absolute Gasteiger partial charge is 0.373 e. The number of hydrogen-bond acceptors (Lipinski definition) is 6. The lowest BCUT2D eigenvalue weighted by molar-refractivity contribution is -0.127. The highest BCUT2D eigenvalue weighted by atomic mass is 32.2. The van der Waals surface area contributed by atoms with E-state index < -0.39 is 10.0 Å². The zero-order valence-corrected chi connectivity index (χ0v) is 17.4. The molecule has 1 aromatic carbocycles. The smallest absolute Gasteiger partial charge is 0.243 e. The Morgan fingerprint density at radius 2 is 1.93 bits per heavy atom. The fraction of sp³-hybridized carbons (Fsp3) is 0.450. The molecule has 1 aromatic heterocycles. The average molecular weight is 416 g/mol. The van der Waals surface area contributed by atoms with E-state index in [1.165, 1.54) is 4.31 Å². The summed E-state index contributed by atoms with van der Waals surface area (Å²) in [5.41, 5.74) is 1.71. The molecule has 0 aliphatic carbocycles. The van der Waals surface area contributed by atoms with E-state index in [4.69, 9.17) is 9.97 Å². The van der Waals surface area contributed by atoms with Gasteiger partial charge in [-0.2, -0.15) is 4.31 Å². The van der Waals surface area contributed by atoms with Crippen LogP contribution in [0.25, 0.3) is 0 Å². The van der Waals surface area contributed by atoms with Gasteiger partial charge in [0.1, 0.15) is 11.6 Å². The van der Waals surface area contributed by atoms with Gasteiger partial charge >= 0.3 is 0 Å². The van der Waals surface area contributed by atoms with Crippen LogP contribution in [0.2, 0.25) is 0 Å². The highest BCUT2D eigenvalue weighted by Gasteiger charge is 2.33. The van der Waals surface area contributed by atoms with E-state index >= 15 is 0 Å². The van der Waals surface area contributed by atoms with Crippen LogP contribution in [0.15, 0.2) is 35.2 Å². The van der Waals surface area contributed by atoms with Crippen LogP contribution >= 0.6 is 0 Å². The summed E-state index contributed by atoms with van der Waals surface area (Å²) in [5, 5.41) is 3.14. The monoisotopic (exact) mass is 415 g/mol. The van der Waals surface area contributed by atoms with Crippen LogP contribution in [0.5, 0.6) is 0 Å². The van der Waals surface area contributed by atoms with Crippen LogP contribution < -0.4 is 5.32 Å². The second-order valence-corrected chi connectivity index (χ2v) is 9.40. The number of hydrogen-bond donors (Lipinski definition) is 1. The first kappa shape index (κ1) is 19.8. The molecule has 4 rings (SSSR count). The van der Waals surface area contributed by atoms with Crippen LogP contribution in [-0.2, 0) is 27.8 Å². The Kier molecular flexibility index (Phi) is 5.26. The Morgan fingerprint density at radius 3 is 2.59 bits per heavy atom. The predicted molar refractivity (Wildman–Crippen MR) is 109 cm³/mol. The summed E-state index contributed by atoms with van der Waals surface area (Å²) in [6.45, 7) is 3.48. The molecule has 2 aliphatic rings. The van der Waals surface area contributed by atoms with Gasteiger partial charge in [0.05, 0.1) is 17.1 Å². The van der Waals surface area contributed by atoms with E-state index in [0.717, 1.165) is 23.5 Å². The molecule has 0 radical (unpaired) electrons. The molecule has 3 heterocycles. The molecule has 1 N–H and O–H groups in total. The van der Waals surface area contributed by atoms with Crippen molar-refractivity contribution in [2.45, 2.75) is 37.1 Å². The van der Waals surface area contributed by atoms with Crippen LogP contribution in [-0.4, -0.2) is 60.2 Å². The molecule has 1 atom stereocenters. The minimum atomic E-state index is -3.58. The minimum Gasteiger partial charge on any atom is -0.373 e. The number of aromatic nitrogens is 2. The van der Waals surface area contributed by atoms with Crippen molar-refractivity contribution in [1.29, 1.82) is 0 Å². The number of fused-ring (bicyclic) bond motifs is 1. The van der Waals surface area contributed by atoms with Gasteiger partial charge in [0.25, 0.3) is 0 Å². The van der Waals surface area contributed by atoms with E-state index in [9.17, 15) is 13.2 Å². The lowest BCUT2D eigenvalue weighted by Gasteiger charge is -2.29. The number of carbonyl (C=O) groups is 1. The summed E-state index contributed by atoms with van der Waals surface area (Å²) >= 11 is 0. The first-order chi connectivity index (χ1) is 13.9. The van der Waals surface area contributed by atoms with Crippen molar-refractivity contribution in [1.82, 2.24) is 19.2 Å². The summed E-state index contributed by atoms with van der Waals surface area (Å²) in [7, 11) is -1.76. The number of likely N-dealkylation sites (tertiary alicyclic amines) is 1. The fourth-order valence-electron chi connectivity index (χ4n) is 4.02. The van der Waals surface area contributed by atoms with Gasteiger partial charge in [0.2, 0.25) is 15.9 Å². The Hall–Kier alpha value is -2.52. The Balaban J connectivity index is 1.64. The zero-order valence-electron chi connectivity index (χ0n) is 16.6. The van der Waals surface area contributed by atoms with Crippen LogP contribution in [0.4, 0.5) is 5.82 Å². The standard InChI is InChI=1S/C20H25N5O3S/c1-14(26)24-10-8-15(12-24)19-22-18-13-25(11-9-17(18)20(21-2)23-19)29(27,28)16-6-4-3-5-7-16/h3-7,15H,8-13H2,1-2H3,(H,21,22,23)/t15-/m1/s1. The highest BCUT2D eigenvalue weighted by molar-refractivity contribution is 7.89. The molecule has 1 fully saturated rings. The average Bonchev–Trinajstić information content (AvgIpc) is 3.24. The number of rotatable bonds is 4. The Morgan fingerprint density at radius 1 is 1.17 bits per heavy atom. The van der Waals surface area contributed by atoms with Crippen molar-refractivity contribution in [3.05, 3.63) is 47.4 Å². The molecule has 2 aliphatic heterocycles. The molecule has 0 bridgehead atoms. The summed E-state index contributed by atoms with van der Waals surface area (Å²) in [6, 6.07) is 8.49. The van der Waals surface area contributed by atoms with Crippen molar-refractivity contribution in [2.75, 3.05) is 32.0 Å². The van der Waals surface area contributed by atoms with Gasteiger partial charge in [-0.25, -0.2) is 18.4 Å². The van der Waals surface area contributed by atoms with Crippen molar-refractivity contribution in [2.24, 2.45) is 0 Å². The van der Waals surface area contributed by atoms with Crippen molar-refractivity contribution >= 4 is 21.7 Å². The number of anilines is 1. The van der Waals surface area contributed by atoms with Gasteiger partial charge in [-0.05, 0) is 25.0 Å². The zero-order chi connectivity index (χ0) is 20.6. The van der Waals surface area contributed by atoms with E-state index in [2.05, 4.69) is 5.32 Å². The summed E-state index contributed by atoms with van der Waals surface area (Å²) in [6.07, 6.45) is 1.37. The van der Waals surface area contributed by atoms with E-state index in [0.29, 0.717) is 36.8 Å². The quantitative estimate of drug-likeness (QED) is 0.815. The Labute approximate surface area is 171 Å². The summed E-state index contributed by atoms with van der Waals surface area (Å²) in [4.78, 5) is 23.2. The number of sulfonamides is 1. The molecule has 0 saturated carbocycles. The predicted octanol–water partition coefficient (Wildman–Crippen LogP) is 1.60. The maximum absolute atomic E-state index is 13.0. The first-order valence-electron chi connectivity index (χ1n) is 9.78. The molecule has 9 heteroatoms. The lowest BCUT2D eigenvalue weighted by atomic mass is 10.0. The molecule has 0 unspecified atom stereocenters. The minimum absolute atomic E-state index is 0.0550. The third kappa shape index (κ3) is 3.72. The number of nitrogens with one attached hydrogen (secondary N) is 1. The normalized spacial score (nSPS) is 19.8. The van der Waals surface area contributed by atoms with Gasteiger partial charge < -0.3 is 10.2 Å².